The largest absolute Gasteiger partial charge is 0.480 e. The molecule has 4 N–H and O–H groups in total. The van der Waals surface area contributed by atoms with Gasteiger partial charge in [0.2, 0.25) is 0 Å². The normalized spacial score (nSPS) is 12.1. The first-order valence-corrected chi connectivity index (χ1v) is 7.30. The molecule has 0 aliphatic heterocycles. The quantitative estimate of drug-likeness (QED) is 0.633. The smallest absolute Gasteiger partial charge is 0.330 e. The highest BCUT2D eigenvalue weighted by Crippen LogP contribution is 2.22. The first-order valence-electron chi connectivity index (χ1n) is 7.30. The molecule has 1 aromatic heterocycles. The van der Waals surface area contributed by atoms with Crippen LogP contribution >= 0.6 is 0 Å². The lowest BCUT2D eigenvalue weighted by Crippen LogP contribution is -2.42. The van der Waals surface area contributed by atoms with Crippen LogP contribution in [0.3, 0.4) is 0 Å². The van der Waals surface area contributed by atoms with E-state index in [2.05, 4.69) is 10.4 Å². The summed E-state index contributed by atoms with van der Waals surface area (Å²) in [6.07, 6.45) is 1.73. The van der Waals surface area contributed by atoms with Crippen molar-refractivity contribution in [1.29, 1.82) is 0 Å². The highest BCUT2D eigenvalue weighted by atomic mass is 16.4. The molecule has 2 aromatic carbocycles. The molecular formula is C17H16N4O3. The number of nitrogens with one attached hydrogen (secondary N) is 1. The van der Waals surface area contributed by atoms with E-state index in [1.165, 1.54) is 0 Å². The topological polar surface area (TPSA) is 110 Å². The Labute approximate surface area is 137 Å². The number of carboxylic acids is 1. The fraction of sp³-hybridized carbons (Fsp3) is 0.118. The van der Waals surface area contributed by atoms with Crippen LogP contribution in [0, 0.1) is 6.92 Å². The zero-order valence-electron chi connectivity index (χ0n) is 12.9. The van der Waals surface area contributed by atoms with Gasteiger partial charge in [-0.25, -0.2) is 9.48 Å². The van der Waals surface area contributed by atoms with Gasteiger partial charge in [-0.05, 0) is 42.8 Å². The Morgan fingerprint density at radius 3 is 2.75 bits per heavy atom. The maximum absolute atomic E-state index is 11.8. The number of hydrogen-bond donors (Lipinski definition) is 3. The average molecular weight is 324 g/mol. The molecule has 1 heterocycles. The number of carboxylic acid groups (broad SMARTS) is 1. The van der Waals surface area contributed by atoms with Gasteiger partial charge < -0.3 is 16.2 Å². The second-order valence-corrected chi connectivity index (χ2v) is 5.47. The summed E-state index contributed by atoms with van der Waals surface area (Å²) in [6, 6.07) is 11.5. The number of carbonyl (C=O) groups is 2. The van der Waals surface area contributed by atoms with Crippen LogP contribution in [0.1, 0.15) is 5.56 Å². The molecule has 0 aliphatic rings. The fourth-order valence-electron chi connectivity index (χ4n) is 2.39. The summed E-state index contributed by atoms with van der Waals surface area (Å²) in [7, 11) is 0. The van der Waals surface area contributed by atoms with Gasteiger partial charge in [0, 0.05) is 11.1 Å². The van der Waals surface area contributed by atoms with Crippen molar-refractivity contribution >= 4 is 28.5 Å². The molecule has 7 nitrogen and oxygen atoms in total. The minimum Gasteiger partial charge on any atom is -0.480 e. The Morgan fingerprint density at radius 1 is 1.25 bits per heavy atom. The number of anilines is 1. The van der Waals surface area contributed by atoms with E-state index in [1.807, 2.05) is 31.2 Å². The minimum atomic E-state index is -1.61. The van der Waals surface area contributed by atoms with Crippen molar-refractivity contribution < 1.29 is 14.7 Å². The van der Waals surface area contributed by atoms with E-state index in [0.717, 1.165) is 22.2 Å². The van der Waals surface area contributed by atoms with Gasteiger partial charge in [-0.1, -0.05) is 12.1 Å². The standard InChI is InChI=1S/C17H16N4O3/c1-10-3-2-4-13(7-10)21-14-8-12(6-5-11(14)9-19-21)20-16(22)15(18)17(23)24/h2-9,15H,18H2,1H3,(H,20,22)(H,23,24). The monoisotopic (exact) mass is 324 g/mol. The van der Waals surface area contributed by atoms with Crippen molar-refractivity contribution in [2.45, 2.75) is 13.0 Å². The molecule has 1 amide bonds. The van der Waals surface area contributed by atoms with Crippen molar-refractivity contribution in [1.82, 2.24) is 9.78 Å². The molecule has 0 saturated carbocycles. The molecular weight excluding hydrogens is 308 g/mol. The number of carbonyl (C=O) groups excluding carboxylic acids is 1. The molecule has 0 spiro atoms. The lowest BCUT2D eigenvalue weighted by molar-refractivity contribution is -0.141. The van der Waals surface area contributed by atoms with Gasteiger partial charge in [0.15, 0.2) is 6.04 Å². The number of benzene rings is 2. The van der Waals surface area contributed by atoms with Gasteiger partial charge in [-0.15, -0.1) is 0 Å². The number of fused-ring (bicyclic) bond motifs is 1. The van der Waals surface area contributed by atoms with Crippen LogP contribution in [-0.4, -0.2) is 32.8 Å². The Morgan fingerprint density at radius 2 is 2.04 bits per heavy atom. The van der Waals surface area contributed by atoms with Crippen LogP contribution in [0.5, 0.6) is 0 Å². The maximum Gasteiger partial charge on any atom is 0.330 e. The number of nitrogens with zero attached hydrogens (tertiary/aromatic N) is 2. The van der Waals surface area contributed by atoms with Crippen molar-refractivity contribution in [3.63, 3.8) is 0 Å². The summed E-state index contributed by atoms with van der Waals surface area (Å²) < 4.78 is 1.76. The van der Waals surface area contributed by atoms with Crippen molar-refractivity contribution in [3.8, 4) is 5.69 Å². The first-order chi connectivity index (χ1) is 11.5. The van der Waals surface area contributed by atoms with Crippen LogP contribution in [0.15, 0.2) is 48.7 Å². The average Bonchev–Trinajstić information content (AvgIpc) is 2.97. The van der Waals surface area contributed by atoms with Crippen LogP contribution in [0.4, 0.5) is 5.69 Å². The van der Waals surface area contributed by atoms with Gasteiger partial charge >= 0.3 is 5.97 Å². The van der Waals surface area contributed by atoms with E-state index in [9.17, 15) is 9.59 Å². The zero-order valence-corrected chi connectivity index (χ0v) is 12.9. The van der Waals surface area contributed by atoms with Gasteiger partial charge in [0.05, 0.1) is 17.4 Å². The number of rotatable bonds is 4. The molecule has 0 radical (unpaired) electrons. The van der Waals surface area contributed by atoms with Gasteiger partial charge in [-0.3, -0.25) is 4.79 Å². The minimum absolute atomic E-state index is 0.457. The molecule has 122 valence electrons. The molecule has 1 unspecified atom stereocenters. The lowest BCUT2D eigenvalue weighted by atomic mass is 10.2. The highest BCUT2D eigenvalue weighted by molar-refractivity contribution is 6.08. The summed E-state index contributed by atoms with van der Waals surface area (Å²) in [6.45, 7) is 1.99. The SMILES string of the molecule is Cc1cccc(-n2ncc3ccc(NC(=O)C(N)C(=O)O)cc32)c1. The number of aromatic nitrogens is 2. The number of nitrogens with two attached hydrogens (primary N) is 1. The van der Waals surface area contributed by atoms with Crippen LogP contribution in [-0.2, 0) is 9.59 Å². The van der Waals surface area contributed by atoms with E-state index in [4.69, 9.17) is 10.8 Å². The van der Waals surface area contributed by atoms with E-state index < -0.39 is 17.9 Å². The molecule has 24 heavy (non-hydrogen) atoms. The number of amides is 1. The number of hydrogen-bond acceptors (Lipinski definition) is 4. The molecule has 3 aromatic rings. The lowest BCUT2D eigenvalue weighted by Gasteiger charge is -2.09. The zero-order chi connectivity index (χ0) is 17.3. The summed E-state index contributed by atoms with van der Waals surface area (Å²) in [5.41, 5.74) is 8.56. The molecule has 0 saturated heterocycles. The predicted molar refractivity (Wildman–Crippen MR) is 90.0 cm³/mol. The van der Waals surface area contributed by atoms with E-state index in [1.54, 1.807) is 29.1 Å². The predicted octanol–water partition coefficient (Wildman–Crippen LogP) is 1.68. The molecule has 3 rings (SSSR count). The Balaban J connectivity index is 1.97. The summed E-state index contributed by atoms with van der Waals surface area (Å²) >= 11 is 0. The summed E-state index contributed by atoms with van der Waals surface area (Å²) in [5.74, 6) is -2.15. The van der Waals surface area contributed by atoms with Crippen LogP contribution < -0.4 is 11.1 Å². The van der Waals surface area contributed by atoms with Crippen molar-refractivity contribution in [2.24, 2.45) is 5.73 Å². The van der Waals surface area contributed by atoms with E-state index in [0.29, 0.717) is 5.69 Å². The summed E-state index contributed by atoms with van der Waals surface area (Å²) in [5, 5.41) is 16.6. The van der Waals surface area contributed by atoms with E-state index >= 15 is 0 Å². The van der Waals surface area contributed by atoms with Crippen molar-refractivity contribution in [3.05, 3.63) is 54.2 Å². The molecule has 7 heteroatoms. The highest BCUT2D eigenvalue weighted by Gasteiger charge is 2.21. The second-order valence-electron chi connectivity index (χ2n) is 5.47. The third kappa shape index (κ3) is 2.97. The third-order valence-corrected chi connectivity index (χ3v) is 3.63. The molecule has 1 atom stereocenters. The number of aryl methyl sites for hydroxylation is 1. The van der Waals surface area contributed by atoms with Gasteiger partial charge in [0.25, 0.3) is 5.91 Å². The van der Waals surface area contributed by atoms with Crippen LogP contribution in [0.2, 0.25) is 0 Å². The van der Waals surface area contributed by atoms with Gasteiger partial charge in [-0.2, -0.15) is 5.10 Å². The Kier molecular flexibility index (Phi) is 4.01. The third-order valence-electron chi connectivity index (χ3n) is 3.63. The second kappa shape index (κ2) is 6.13. The first kappa shape index (κ1) is 15.7. The number of aliphatic carboxylic acids is 1. The molecule has 0 bridgehead atoms. The van der Waals surface area contributed by atoms with E-state index in [-0.39, 0.29) is 0 Å². The summed E-state index contributed by atoms with van der Waals surface area (Å²) in [4.78, 5) is 22.6. The molecule has 0 fully saturated rings. The van der Waals surface area contributed by atoms with Gasteiger partial charge in [0.1, 0.15) is 0 Å². The van der Waals surface area contributed by atoms with Crippen molar-refractivity contribution in [2.75, 3.05) is 5.32 Å². The Bertz CT molecular complexity index is 932. The van der Waals surface area contributed by atoms with Crippen LogP contribution in [0.25, 0.3) is 16.6 Å². The maximum atomic E-state index is 11.8. The Hall–Kier alpha value is -3.19. The fourth-order valence-corrected chi connectivity index (χ4v) is 2.39. The molecule has 0 aliphatic carbocycles.